The monoisotopic (exact) mass is 300 g/mol. The molecule has 0 atom stereocenters. The highest BCUT2D eigenvalue weighted by Crippen LogP contribution is 2.19. The molecule has 1 heterocycles. The Labute approximate surface area is 127 Å². The number of amides is 2. The summed E-state index contributed by atoms with van der Waals surface area (Å²) < 4.78 is 10.3. The molecule has 2 amide bonds. The maximum absolute atomic E-state index is 12.0. The SMILES string of the molecule is COCCCNC(=O)C1CCN(C(=O)OC(C)(C)C)CC1. The quantitative estimate of drug-likeness (QED) is 0.786. The van der Waals surface area contributed by atoms with E-state index < -0.39 is 5.60 Å². The Bertz CT molecular complexity index is 344. The van der Waals surface area contributed by atoms with Crippen molar-refractivity contribution in [2.45, 2.75) is 45.6 Å². The summed E-state index contributed by atoms with van der Waals surface area (Å²) in [6, 6.07) is 0. The van der Waals surface area contributed by atoms with Crippen LogP contribution in [-0.4, -0.2) is 55.9 Å². The summed E-state index contributed by atoms with van der Waals surface area (Å²) in [7, 11) is 1.65. The van der Waals surface area contributed by atoms with Gasteiger partial charge in [0.1, 0.15) is 5.60 Å². The number of methoxy groups -OCH3 is 1. The van der Waals surface area contributed by atoms with Crippen LogP contribution in [0.25, 0.3) is 0 Å². The highest BCUT2D eigenvalue weighted by molar-refractivity contribution is 5.79. The topological polar surface area (TPSA) is 67.9 Å². The van der Waals surface area contributed by atoms with E-state index in [2.05, 4.69) is 5.32 Å². The smallest absolute Gasteiger partial charge is 0.410 e. The molecule has 0 aromatic carbocycles. The summed E-state index contributed by atoms with van der Waals surface area (Å²) in [6.07, 6.45) is 1.91. The zero-order chi connectivity index (χ0) is 15.9. The van der Waals surface area contributed by atoms with Gasteiger partial charge in [-0.05, 0) is 40.0 Å². The van der Waals surface area contributed by atoms with E-state index in [-0.39, 0.29) is 17.9 Å². The van der Waals surface area contributed by atoms with Gasteiger partial charge >= 0.3 is 6.09 Å². The van der Waals surface area contributed by atoms with E-state index in [0.717, 1.165) is 6.42 Å². The van der Waals surface area contributed by atoms with Gasteiger partial charge < -0.3 is 19.7 Å². The Hall–Kier alpha value is -1.30. The lowest BCUT2D eigenvalue weighted by atomic mass is 9.96. The molecule has 6 nitrogen and oxygen atoms in total. The molecule has 1 N–H and O–H groups in total. The fourth-order valence-corrected chi connectivity index (χ4v) is 2.22. The number of nitrogens with one attached hydrogen (secondary N) is 1. The highest BCUT2D eigenvalue weighted by Gasteiger charge is 2.29. The first kappa shape index (κ1) is 17.8. The van der Waals surface area contributed by atoms with Crippen molar-refractivity contribution >= 4 is 12.0 Å². The first-order valence-corrected chi connectivity index (χ1v) is 7.58. The zero-order valence-corrected chi connectivity index (χ0v) is 13.6. The third kappa shape index (κ3) is 6.80. The van der Waals surface area contributed by atoms with Gasteiger partial charge in [0.2, 0.25) is 5.91 Å². The Morgan fingerprint density at radius 1 is 1.24 bits per heavy atom. The van der Waals surface area contributed by atoms with Crippen LogP contribution in [0, 0.1) is 5.92 Å². The van der Waals surface area contributed by atoms with E-state index in [1.807, 2.05) is 20.8 Å². The molecule has 1 fully saturated rings. The number of ether oxygens (including phenoxy) is 2. The maximum Gasteiger partial charge on any atom is 0.410 e. The molecule has 21 heavy (non-hydrogen) atoms. The van der Waals surface area contributed by atoms with Crippen LogP contribution in [0.4, 0.5) is 4.79 Å². The van der Waals surface area contributed by atoms with Crippen LogP contribution in [0.2, 0.25) is 0 Å². The predicted octanol–water partition coefficient (Wildman–Crippen LogP) is 1.79. The summed E-state index contributed by atoms with van der Waals surface area (Å²) in [4.78, 5) is 25.6. The van der Waals surface area contributed by atoms with Gasteiger partial charge in [0.15, 0.2) is 0 Å². The van der Waals surface area contributed by atoms with Gasteiger partial charge in [-0.3, -0.25) is 4.79 Å². The summed E-state index contributed by atoms with van der Waals surface area (Å²) in [5.74, 6) is 0.0705. The molecule has 0 unspecified atom stereocenters. The highest BCUT2D eigenvalue weighted by atomic mass is 16.6. The van der Waals surface area contributed by atoms with Crippen LogP contribution in [-0.2, 0) is 14.3 Å². The molecule has 1 saturated heterocycles. The number of piperidine rings is 1. The summed E-state index contributed by atoms with van der Waals surface area (Å²) >= 11 is 0. The van der Waals surface area contributed by atoms with Gasteiger partial charge in [-0.15, -0.1) is 0 Å². The molecular weight excluding hydrogens is 272 g/mol. The standard InChI is InChI=1S/C15H28N2O4/c1-15(2,3)21-14(19)17-9-6-12(7-10-17)13(18)16-8-5-11-20-4/h12H,5-11H2,1-4H3,(H,16,18). The number of hydrogen-bond acceptors (Lipinski definition) is 4. The molecule has 1 rings (SSSR count). The number of likely N-dealkylation sites (tertiary alicyclic amines) is 1. The van der Waals surface area contributed by atoms with E-state index in [9.17, 15) is 9.59 Å². The van der Waals surface area contributed by atoms with Crippen molar-refractivity contribution in [3.05, 3.63) is 0 Å². The van der Waals surface area contributed by atoms with Crippen molar-refractivity contribution in [3.63, 3.8) is 0 Å². The summed E-state index contributed by atoms with van der Waals surface area (Å²) in [6.45, 7) is 7.99. The Balaban J connectivity index is 2.28. The molecule has 1 aliphatic rings. The van der Waals surface area contributed by atoms with Crippen LogP contribution < -0.4 is 5.32 Å². The van der Waals surface area contributed by atoms with Crippen LogP contribution in [0.1, 0.15) is 40.0 Å². The second kappa shape index (κ2) is 8.22. The molecule has 0 aliphatic carbocycles. The second-order valence-electron chi connectivity index (χ2n) is 6.38. The normalized spacial score (nSPS) is 16.7. The fourth-order valence-electron chi connectivity index (χ4n) is 2.22. The van der Waals surface area contributed by atoms with Crippen molar-refractivity contribution in [2.24, 2.45) is 5.92 Å². The molecule has 0 spiro atoms. The lowest BCUT2D eigenvalue weighted by Gasteiger charge is -2.32. The van der Waals surface area contributed by atoms with Crippen molar-refractivity contribution in [2.75, 3.05) is 33.4 Å². The largest absolute Gasteiger partial charge is 0.444 e. The van der Waals surface area contributed by atoms with Crippen LogP contribution in [0.3, 0.4) is 0 Å². The molecule has 0 aromatic heterocycles. The number of hydrogen-bond donors (Lipinski definition) is 1. The van der Waals surface area contributed by atoms with Gasteiger partial charge in [-0.1, -0.05) is 0 Å². The third-order valence-corrected chi connectivity index (χ3v) is 3.34. The number of carbonyl (C=O) groups excluding carboxylic acids is 2. The van der Waals surface area contributed by atoms with Crippen LogP contribution >= 0.6 is 0 Å². The maximum atomic E-state index is 12.0. The van der Waals surface area contributed by atoms with Gasteiger partial charge in [-0.2, -0.15) is 0 Å². The molecule has 1 aliphatic heterocycles. The zero-order valence-electron chi connectivity index (χ0n) is 13.6. The molecule has 0 bridgehead atoms. The minimum Gasteiger partial charge on any atom is -0.444 e. The number of nitrogens with zero attached hydrogens (tertiary/aromatic N) is 1. The molecular formula is C15H28N2O4. The Morgan fingerprint density at radius 3 is 2.38 bits per heavy atom. The average molecular weight is 300 g/mol. The number of rotatable bonds is 5. The molecule has 122 valence electrons. The average Bonchev–Trinajstić information content (AvgIpc) is 2.41. The minimum atomic E-state index is -0.480. The number of carbonyl (C=O) groups is 2. The van der Waals surface area contributed by atoms with Crippen LogP contribution in [0.5, 0.6) is 0 Å². The van der Waals surface area contributed by atoms with Crippen molar-refractivity contribution in [1.82, 2.24) is 10.2 Å². The van der Waals surface area contributed by atoms with E-state index in [0.29, 0.717) is 39.1 Å². The summed E-state index contributed by atoms with van der Waals surface area (Å²) in [5, 5.41) is 2.92. The fraction of sp³-hybridized carbons (Fsp3) is 0.867. The Kier molecular flexibility index (Phi) is 6.95. The second-order valence-corrected chi connectivity index (χ2v) is 6.38. The molecule has 0 saturated carbocycles. The van der Waals surface area contributed by atoms with Gasteiger partial charge in [0, 0.05) is 39.3 Å². The lowest BCUT2D eigenvalue weighted by molar-refractivity contribution is -0.126. The van der Waals surface area contributed by atoms with Crippen molar-refractivity contribution in [3.8, 4) is 0 Å². The molecule has 0 aromatic rings. The van der Waals surface area contributed by atoms with Gasteiger partial charge in [0.25, 0.3) is 0 Å². The summed E-state index contributed by atoms with van der Waals surface area (Å²) in [5.41, 5.74) is -0.480. The van der Waals surface area contributed by atoms with Gasteiger partial charge in [-0.25, -0.2) is 4.79 Å². The van der Waals surface area contributed by atoms with E-state index in [1.165, 1.54) is 0 Å². The van der Waals surface area contributed by atoms with Crippen molar-refractivity contribution < 1.29 is 19.1 Å². The predicted molar refractivity (Wildman–Crippen MR) is 80.0 cm³/mol. The van der Waals surface area contributed by atoms with E-state index in [1.54, 1.807) is 12.0 Å². The van der Waals surface area contributed by atoms with Crippen molar-refractivity contribution in [1.29, 1.82) is 0 Å². The molecule has 6 heteroatoms. The first-order valence-electron chi connectivity index (χ1n) is 7.58. The first-order chi connectivity index (χ1) is 9.83. The third-order valence-electron chi connectivity index (χ3n) is 3.34. The van der Waals surface area contributed by atoms with E-state index in [4.69, 9.17) is 9.47 Å². The Morgan fingerprint density at radius 2 is 1.86 bits per heavy atom. The molecule has 0 radical (unpaired) electrons. The van der Waals surface area contributed by atoms with Crippen LogP contribution in [0.15, 0.2) is 0 Å². The minimum absolute atomic E-state index is 0.00812. The van der Waals surface area contributed by atoms with Gasteiger partial charge in [0.05, 0.1) is 0 Å². The van der Waals surface area contributed by atoms with E-state index >= 15 is 0 Å². The lowest BCUT2D eigenvalue weighted by Crippen LogP contribution is -2.45.